The van der Waals surface area contributed by atoms with Crippen molar-refractivity contribution in [2.75, 3.05) is 0 Å². The van der Waals surface area contributed by atoms with Crippen LogP contribution in [0.3, 0.4) is 0 Å². The van der Waals surface area contributed by atoms with Crippen LogP contribution in [0.15, 0.2) is 48.5 Å². The van der Waals surface area contributed by atoms with Crippen molar-refractivity contribution in [3.8, 4) is 6.07 Å². The zero-order chi connectivity index (χ0) is 14.4. The van der Waals surface area contributed by atoms with Crippen LogP contribution in [0.5, 0.6) is 0 Å². The molecule has 2 rings (SSSR count). The molecule has 1 atom stereocenters. The van der Waals surface area contributed by atoms with Crippen molar-refractivity contribution < 1.29 is 4.39 Å². The van der Waals surface area contributed by atoms with E-state index in [2.05, 4.69) is 18.3 Å². The highest BCUT2D eigenvalue weighted by atomic mass is 19.1. The maximum atomic E-state index is 12.9. The van der Waals surface area contributed by atoms with Gasteiger partial charge in [-0.25, -0.2) is 4.39 Å². The molecular formula is C17H17FN2. The molecule has 0 aliphatic rings. The highest BCUT2D eigenvalue weighted by molar-refractivity contribution is 5.31. The van der Waals surface area contributed by atoms with Gasteiger partial charge in [-0.1, -0.05) is 31.2 Å². The summed E-state index contributed by atoms with van der Waals surface area (Å²) in [5.74, 6) is -0.212. The van der Waals surface area contributed by atoms with Gasteiger partial charge in [0, 0.05) is 12.6 Å². The fourth-order valence-corrected chi connectivity index (χ4v) is 2.13. The number of hydrogen-bond acceptors (Lipinski definition) is 2. The standard InChI is InChI=1S/C17H17FN2/c1-2-17(15-7-9-16(18)10-8-15)20-12-14-5-3-13(11-19)4-6-14/h3-10,17,20H,2,12H2,1H3. The number of benzene rings is 2. The van der Waals surface area contributed by atoms with Crippen molar-refractivity contribution in [3.05, 3.63) is 71.0 Å². The minimum atomic E-state index is -0.212. The molecule has 1 unspecified atom stereocenters. The maximum Gasteiger partial charge on any atom is 0.123 e. The third-order valence-electron chi connectivity index (χ3n) is 3.32. The molecule has 2 nitrogen and oxygen atoms in total. The highest BCUT2D eigenvalue weighted by Gasteiger charge is 2.08. The first-order valence-corrected chi connectivity index (χ1v) is 6.71. The van der Waals surface area contributed by atoms with Crippen LogP contribution in [0.2, 0.25) is 0 Å². The molecule has 2 aromatic rings. The second kappa shape index (κ2) is 6.83. The Morgan fingerprint density at radius 1 is 1.10 bits per heavy atom. The number of nitrogens with one attached hydrogen (secondary N) is 1. The molecule has 0 amide bonds. The lowest BCUT2D eigenvalue weighted by Gasteiger charge is -2.17. The molecule has 0 aromatic heterocycles. The van der Waals surface area contributed by atoms with Crippen LogP contribution < -0.4 is 5.32 Å². The Morgan fingerprint density at radius 3 is 2.30 bits per heavy atom. The van der Waals surface area contributed by atoms with Crippen molar-refractivity contribution in [2.45, 2.75) is 25.9 Å². The van der Waals surface area contributed by atoms with E-state index in [-0.39, 0.29) is 11.9 Å². The molecule has 20 heavy (non-hydrogen) atoms. The Bertz CT molecular complexity index is 582. The Morgan fingerprint density at radius 2 is 1.75 bits per heavy atom. The van der Waals surface area contributed by atoms with Crippen molar-refractivity contribution >= 4 is 0 Å². The Labute approximate surface area is 118 Å². The van der Waals surface area contributed by atoms with Crippen LogP contribution in [0.25, 0.3) is 0 Å². The zero-order valence-electron chi connectivity index (χ0n) is 11.4. The van der Waals surface area contributed by atoms with E-state index in [9.17, 15) is 4.39 Å². The summed E-state index contributed by atoms with van der Waals surface area (Å²) in [5.41, 5.74) is 2.88. The van der Waals surface area contributed by atoms with Gasteiger partial charge in [-0.3, -0.25) is 0 Å². The first-order valence-electron chi connectivity index (χ1n) is 6.71. The average molecular weight is 268 g/mol. The molecule has 0 bridgehead atoms. The fourth-order valence-electron chi connectivity index (χ4n) is 2.13. The number of hydrogen-bond donors (Lipinski definition) is 1. The predicted molar refractivity (Wildman–Crippen MR) is 77.4 cm³/mol. The summed E-state index contributed by atoms with van der Waals surface area (Å²) < 4.78 is 12.9. The zero-order valence-corrected chi connectivity index (χ0v) is 11.4. The number of nitrogens with zero attached hydrogens (tertiary/aromatic N) is 1. The minimum Gasteiger partial charge on any atom is -0.306 e. The first kappa shape index (κ1) is 14.2. The minimum absolute atomic E-state index is 0.200. The van der Waals surface area contributed by atoms with E-state index in [1.807, 2.05) is 36.4 Å². The molecule has 0 fully saturated rings. The van der Waals surface area contributed by atoms with E-state index in [1.54, 1.807) is 0 Å². The monoisotopic (exact) mass is 268 g/mol. The van der Waals surface area contributed by atoms with Gasteiger partial charge >= 0.3 is 0 Å². The average Bonchev–Trinajstić information content (AvgIpc) is 2.50. The topological polar surface area (TPSA) is 35.8 Å². The van der Waals surface area contributed by atoms with Crippen molar-refractivity contribution in [3.63, 3.8) is 0 Å². The summed E-state index contributed by atoms with van der Waals surface area (Å²) in [6.07, 6.45) is 0.932. The molecule has 1 N–H and O–H groups in total. The molecular weight excluding hydrogens is 251 g/mol. The lowest BCUT2D eigenvalue weighted by Crippen LogP contribution is -2.20. The first-order chi connectivity index (χ1) is 9.72. The lowest BCUT2D eigenvalue weighted by molar-refractivity contribution is 0.517. The lowest BCUT2D eigenvalue weighted by atomic mass is 10.0. The van der Waals surface area contributed by atoms with Gasteiger partial charge in [-0.2, -0.15) is 5.26 Å². The Balaban J connectivity index is 2.00. The summed E-state index contributed by atoms with van der Waals surface area (Å²) in [6.45, 7) is 2.82. The number of nitriles is 1. The number of halogens is 1. The SMILES string of the molecule is CCC(NCc1ccc(C#N)cc1)c1ccc(F)cc1. The van der Waals surface area contributed by atoms with Crippen molar-refractivity contribution in [1.29, 1.82) is 5.26 Å². The quantitative estimate of drug-likeness (QED) is 0.891. The third-order valence-corrected chi connectivity index (χ3v) is 3.32. The van der Waals surface area contributed by atoms with E-state index in [1.165, 1.54) is 12.1 Å². The van der Waals surface area contributed by atoms with E-state index in [0.717, 1.165) is 24.1 Å². The van der Waals surface area contributed by atoms with E-state index in [0.29, 0.717) is 5.56 Å². The fraction of sp³-hybridized carbons (Fsp3) is 0.235. The van der Waals surface area contributed by atoms with Crippen LogP contribution in [-0.2, 0) is 6.54 Å². The van der Waals surface area contributed by atoms with Crippen LogP contribution in [-0.4, -0.2) is 0 Å². The molecule has 0 saturated carbocycles. The number of rotatable bonds is 5. The molecule has 0 radical (unpaired) electrons. The molecule has 0 spiro atoms. The summed E-state index contributed by atoms with van der Waals surface area (Å²) in [5, 5.41) is 12.2. The second-order valence-electron chi connectivity index (χ2n) is 4.70. The van der Waals surface area contributed by atoms with E-state index < -0.39 is 0 Å². The van der Waals surface area contributed by atoms with Gasteiger partial charge in [0.05, 0.1) is 11.6 Å². The largest absolute Gasteiger partial charge is 0.306 e. The summed E-state index contributed by atoms with van der Waals surface area (Å²) in [6, 6.07) is 16.4. The van der Waals surface area contributed by atoms with Gasteiger partial charge in [0.2, 0.25) is 0 Å². The third kappa shape index (κ3) is 3.66. The van der Waals surface area contributed by atoms with Gasteiger partial charge in [-0.15, -0.1) is 0 Å². The maximum absolute atomic E-state index is 12.9. The van der Waals surface area contributed by atoms with Crippen LogP contribution in [0, 0.1) is 17.1 Å². The molecule has 2 aromatic carbocycles. The molecule has 102 valence electrons. The predicted octanol–water partition coefficient (Wildman–Crippen LogP) is 3.94. The van der Waals surface area contributed by atoms with Gasteiger partial charge in [0.25, 0.3) is 0 Å². The summed E-state index contributed by atoms with van der Waals surface area (Å²) in [4.78, 5) is 0. The van der Waals surface area contributed by atoms with Crippen molar-refractivity contribution in [1.82, 2.24) is 5.32 Å². The van der Waals surface area contributed by atoms with E-state index >= 15 is 0 Å². The van der Waals surface area contributed by atoms with Crippen LogP contribution in [0.4, 0.5) is 4.39 Å². The van der Waals surface area contributed by atoms with Gasteiger partial charge < -0.3 is 5.32 Å². The molecule has 0 heterocycles. The Kier molecular flexibility index (Phi) is 4.86. The molecule has 0 saturated heterocycles. The highest BCUT2D eigenvalue weighted by Crippen LogP contribution is 2.17. The van der Waals surface area contributed by atoms with Crippen LogP contribution in [0.1, 0.15) is 36.1 Å². The smallest absolute Gasteiger partial charge is 0.123 e. The second-order valence-corrected chi connectivity index (χ2v) is 4.70. The van der Waals surface area contributed by atoms with Gasteiger partial charge in [0.15, 0.2) is 0 Å². The van der Waals surface area contributed by atoms with Gasteiger partial charge in [-0.05, 0) is 41.8 Å². The molecule has 3 heteroatoms. The van der Waals surface area contributed by atoms with Crippen molar-refractivity contribution in [2.24, 2.45) is 0 Å². The molecule has 0 aliphatic carbocycles. The summed E-state index contributed by atoms with van der Waals surface area (Å²) >= 11 is 0. The Hall–Kier alpha value is -2.18. The van der Waals surface area contributed by atoms with E-state index in [4.69, 9.17) is 5.26 Å². The normalized spacial score (nSPS) is 11.8. The van der Waals surface area contributed by atoms with Gasteiger partial charge in [0.1, 0.15) is 5.82 Å². The summed E-state index contributed by atoms with van der Waals surface area (Å²) in [7, 11) is 0. The van der Waals surface area contributed by atoms with Crippen LogP contribution >= 0.6 is 0 Å². The molecule has 0 aliphatic heterocycles.